The molecule has 8 nitrogen and oxygen atoms in total. The number of esters is 2. The van der Waals surface area contributed by atoms with E-state index in [-0.39, 0.29) is 21.1 Å². The minimum absolute atomic E-state index is 0.129. The van der Waals surface area contributed by atoms with Crippen molar-refractivity contribution in [3.8, 4) is 0 Å². The van der Waals surface area contributed by atoms with Crippen molar-refractivity contribution < 1.29 is 23.9 Å². The Morgan fingerprint density at radius 2 is 1.79 bits per heavy atom. The van der Waals surface area contributed by atoms with Crippen molar-refractivity contribution in [3.05, 3.63) is 33.5 Å². The maximum atomic E-state index is 12.4. The van der Waals surface area contributed by atoms with Crippen molar-refractivity contribution in [3.63, 3.8) is 0 Å². The molecule has 0 unspecified atom stereocenters. The summed E-state index contributed by atoms with van der Waals surface area (Å²) >= 11 is 0.955. The van der Waals surface area contributed by atoms with Crippen LogP contribution in [-0.2, 0) is 16.5 Å². The standard InChI is InChI=1S/C15H17N3O5S/c1-7-6-9(17-18(7)3)12(19)16-13-10(14(20)22-4)8(2)11(24-13)15(21)23-5/h6H,1-5H3,(H,16,19). The fourth-order valence-electron chi connectivity index (χ4n) is 2.08. The molecular formula is C15H17N3O5S. The highest BCUT2D eigenvalue weighted by Crippen LogP contribution is 2.34. The number of hydrogen-bond acceptors (Lipinski definition) is 7. The summed E-state index contributed by atoms with van der Waals surface area (Å²) in [4.78, 5) is 36.4. The van der Waals surface area contributed by atoms with Crippen LogP contribution >= 0.6 is 11.3 Å². The van der Waals surface area contributed by atoms with Crippen LogP contribution in [0.3, 0.4) is 0 Å². The molecule has 0 aliphatic heterocycles. The zero-order valence-corrected chi connectivity index (χ0v) is 14.7. The minimum Gasteiger partial charge on any atom is -0.465 e. The largest absolute Gasteiger partial charge is 0.465 e. The molecule has 2 rings (SSSR count). The van der Waals surface area contributed by atoms with Crippen LogP contribution in [-0.4, -0.2) is 41.8 Å². The highest BCUT2D eigenvalue weighted by atomic mass is 32.1. The topological polar surface area (TPSA) is 99.5 Å². The summed E-state index contributed by atoms with van der Waals surface area (Å²) < 4.78 is 11.0. The van der Waals surface area contributed by atoms with Crippen molar-refractivity contribution >= 4 is 34.2 Å². The third-order valence-corrected chi connectivity index (χ3v) is 4.67. The van der Waals surface area contributed by atoms with E-state index < -0.39 is 17.8 Å². The number of carbonyl (C=O) groups is 3. The Bertz CT molecular complexity index is 802. The van der Waals surface area contributed by atoms with Gasteiger partial charge in [-0.1, -0.05) is 0 Å². The van der Waals surface area contributed by atoms with E-state index in [4.69, 9.17) is 9.47 Å². The van der Waals surface area contributed by atoms with Gasteiger partial charge in [-0.2, -0.15) is 5.10 Å². The number of carbonyl (C=O) groups excluding carboxylic acids is 3. The Morgan fingerprint density at radius 3 is 2.29 bits per heavy atom. The van der Waals surface area contributed by atoms with Crippen LogP contribution in [0.4, 0.5) is 5.00 Å². The average molecular weight is 351 g/mol. The smallest absolute Gasteiger partial charge is 0.348 e. The molecule has 2 heterocycles. The molecule has 0 fully saturated rings. The Morgan fingerprint density at radius 1 is 1.17 bits per heavy atom. The molecule has 2 aromatic rings. The number of nitrogens with one attached hydrogen (secondary N) is 1. The zero-order valence-electron chi connectivity index (χ0n) is 13.9. The molecular weight excluding hydrogens is 334 g/mol. The summed E-state index contributed by atoms with van der Waals surface area (Å²) in [6.45, 7) is 3.41. The van der Waals surface area contributed by atoms with Gasteiger partial charge in [0.05, 0.1) is 19.8 Å². The average Bonchev–Trinajstić information content (AvgIpc) is 3.06. The lowest BCUT2D eigenvalue weighted by Gasteiger charge is -2.04. The quantitative estimate of drug-likeness (QED) is 0.845. The second kappa shape index (κ2) is 6.83. The van der Waals surface area contributed by atoms with Crippen molar-refractivity contribution in [1.29, 1.82) is 0 Å². The Labute approximate surface area is 142 Å². The summed E-state index contributed by atoms with van der Waals surface area (Å²) in [5.74, 6) is -1.72. The molecule has 0 aliphatic rings. The number of hydrogen-bond donors (Lipinski definition) is 1. The van der Waals surface area contributed by atoms with Crippen LogP contribution in [0.15, 0.2) is 6.07 Å². The van der Waals surface area contributed by atoms with Gasteiger partial charge in [-0.25, -0.2) is 9.59 Å². The number of amides is 1. The fourth-order valence-corrected chi connectivity index (χ4v) is 3.18. The Kier molecular flexibility index (Phi) is 5.03. The molecule has 24 heavy (non-hydrogen) atoms. The number of rotatable bonds is 4. The van der Waals surface area contributed by atoms with Gasteiger partial charge >= 0.3 is 11.9 Å². The highest BCUT2D eigenvalue weighted by molar-refractivity contribution is 7.18. The van der Waals surface area contributed by atoms with Crippen LogP contribution < -0.4 is 5.32 Å². The van der Waals surface area contributed by atoms with E-state index in [0.29, 0.717) is 5.56 Å². The van der Waals surface area contributed by atoms with Gasteiger partial charge in [0.1, 0.15) is 9.88 Å². The first-order valence-electron chi connectivity index (χ1n) is 6.92. The van der Waals surface area contributed by atoms with Gasteiger partial charge in [-0.05, 0) is 25.5 Å². The van der Waals surface area contributed by atoms with Gasteiger partial charge in [0, 0.05) is 12.7 Å². The van der Waals surface area contributed by atoms with Crippen molar-refractivity contribution in [2.75, 3.05) is 19.5 Å². The molecule has 0 aliphatic carbocycles. The van der Waals surface area contributed by atoms with Gasteiger partial charge in [-0.3, -0.25) is 9.48 Å². The van der Waals surface area contributed by atoms with Crippen molar-refractivity contribution in [2.45, 2.75) is 13.8 Å². The van der Waals surface area contributed by atoms with E-state index in [9.17, 15) is 14.4 Å². The molecule has 0 bridgehead atoms. The molecule has 0 spiro atoms. The third kappa shape index (κ3) is 3.16. The van der Waals surface area contributed by atoms with Crippen molar-refractivity contribution in [1.82, 2.24) is 9.78 Å². The SMILES string of the molecule is COC(=O)c1sc(NC(=O)c2cc(C)n(C)n2)c(C(=O)OC)c1C. The van der Waals surface area contributed by atoms with Gasteiger partial charge in [0.15, 0.2) is 5.69 Å². The van der Waals surface area contributed by atoms with E-state index >= 15 is 0 Å². The van der Waals surface area contributed by atoms with Crippen LogP contribution in [0.25, 0.3) is 0 Å². The number of thiophene rings is 1. The lowest BCUT2D eigenvalue weighted by atomic mass is 10.1. The molecule has 0 atom stereocenters. The fraction of sp³-hybridized carbons (Fsp3) is 0.333. The first kappa shape index (κ1) is 17.7. The van der Waals surface area contributed by atoms with E-state index in [1.54, 1.807) is 24.7 Å². The monoisotopic (exact) mass is 351 g/mol. The normalized spacial score (nSPS) is 10.4. The van der Waals surface area contributed by atoms with Crippen LogP contribution in [0.5, 0.6) is 0 Å². The Hall–Kier alpha value is -2.68. The maximum Gasteiger partial charge on any atom is 0.348 e. The van der Waals surface area contributed by atoms with Crippen LogP contribution in [0.2, 0.25) is 0 Å². The maximum absolute atomic E-state index is 12.4. The molecule has 0 saturated heterocycles. The lowest BCUT2D eigenvalue weighted by Crippen LogP contribution is -2.15. The second-order valence-electron chi connectivity index (χ2n) is 4.99. The molecule has 1 N–H and O–H groups in total. The summed E-state index contributed by atoms with van der Waals surface area (Å²) in [5, 5.41) is 6.92. The number of anilines is 1. The first-order chi connectivity index (χ1) is 11.3. The van der Waals surface area contributed by atoms with E-state index in [2.05, 4.69) is 10.4 Å². The van der Waals surface area contributed by atoms with Crippen molar-refractivity contribution in [2.24, 2.45) is 7.05 Å². The Balaban J connectivity index is 2.43. The first-order valence-corrected chi connectivity index (χ1v) is 7.73. The van der Waals surface area contributed by atoms with Gasteiger partial charge < -0.3 is 14.8 Å². The number of ether oxygens (including phenoxy) is 2. The minimum atomic E-state index is -0.647. The number of methoxy groups -OCH3 is 2. The molecule has 0 saturated carbocycles. The van der Waals surface area contributed by atoms with E-state index in [1.807, 2.05) is 6.92 Å². The summed E-state index contributed by atoms with van der Waals surface area (Å²) in [5.41, 5.74) is 1.54. The lowest BCUT2D eigenvalue weighted by molar-refractivity contribution is 0.0601. The molecule has 128 valence electrons. The highest BCUT2D eigenvalue weighted by Gasteiger charge is 2.27. The van der Waals surface area contributed by atoms with Crippen LogP contribution in [0, 0.1) is 13.8 Å². The summed E-state index contributed by atoms with van der Waals surface area (Å²) in [7, 11) is 4.19. The predicted octanol–water partition coefficient (Wildman–Crippen LogP) is 1.92. The third-order valence-electron chi connectivity index (χ3n) is 3.48. The number of aromatic nitrogens is 2. The van der Waals surface area contributed by atoms with E-state index in [0.717, 1.165) is 17.0 Å². The molecule has 1 amide bonds. The van der Waals surface area contributed by atoms with Crippen LogP contribution in [0.1, 0.15) is 41.8 Å². The molecule has 0 radical (unpaired) electrons. The molecule has 9 heteroatoms. The van der Waals surface area contributed by atoms with Gasteiger partial charge in [0.25, 0.3) is 5.91 Å². The van der Waals surface area contributed by atoms with E-state index in [1.165, 1.54) is 14.2 Å². The second-order valence-corrected chi connectivity index (χ2v) is 6.01. The van der Waals surface area contributed by atoms with Gasteiger partial charge in [0.2, 0.25) is 0 Å². The molecule has 2 aromatic heterocycles. The zero-order chi connectivity index (χ0) is 18.0. The summed E-state index contributed by atoms with van der Waals surface area (Å²) in [6.07, 6.45) is 0. The van der Waals surface area contributed by atoms with Gasteiger partial charge in [-0.15, -0.1) is 11.3 Å². The number of nitrogens with zero attached hydrogens (tertiary/aromatic N) is 2. The predicted molar refractivity (Wildman–Crippen MR) is 87.6 cm³/mol. The summed E-state index contributed by atoms with van der Waals surface area (Å²) in [6, 6.07) is 1.62. The molecule has 0 aromatic carbocycles. The number of aryl methyl sites for hydroxylation is 2.